The van der Waals surface area contributed by atoms with Crippen molar-refractivity contribution in [1.82, 2.24) is 4.72 Å². The molecule has 0 saturated heterocycles. The first-order valence-electron chi connectivity index (χ1n) is 5.91. The maximum atomic E-state index is 12.4. The van der Waals surface area contributed by atoms with E-state index in [0.29, 0.717) is 4.47 Å². The molecule has 0 atom stereocenters. The Balaban J connectivity index is 2.33. The summed E-state index contributed by atoms with van der Waals surface area (Å²) in [6, 6.07) is 4.86. The van der Waals surface area contributed by atoms with Crippen molar-refractivity contribution in [3.63, 3.8) is 0 Å². The molecule has 0 heterocycles. The standard InChI is InChI=1S/C12H17BrN2O2S/c1-12(6-2-3-7-12)15-18(16,17)11-8-9(13)4-5-10(11)14/h4-5,8,15H,2-3,6-7,14H2,1H3. The molecule has 1 aromatic carbocycles. The summed E-state index contributed by atoms with van der Waals surface area (Å²) < 4.78 is 28.2. The van der Waals surface area contributed by atoms with Gasteiger partial charge in [0.25, 0.3) is 0 Å². The van der Waals surface area contributed by atoms with E-state index in [1.807, 2.05) is 6.92 Å². The van der Waals surface area contributed by atoms with E-state index in [4.69, 9.17) is 5.73 Å². The molecule has 0 unspecified atom stereocenters. The fourth-order valence-corrected chi connectivity index (χ4v) is 4.51. The van der Waals surface area contributed by atoms with Crippen LogP contribution in [0.15, 0.2) is 27.6 Å². The van der Waals surface area contributed by atoms with Crippen LogP contribution in [0.4, 0.5) is 5.69 Å². The van der Waals surface area contributed by atoms with Gasteiger partial charge in [0.2, 0.25) is 10.0 Å². The number of nitrogens with two attached hydrogens (primary N) is 1. The Morgan fingerprint density at radius 2 is 1.94 bits per heavy atom. The number of nitrogen functional groups attached to an aromatic ring is 1. The predicted octanol–water partition coefficient (Wildman–Crippen LogP) is 2.64. The maximum Gasteiger partial charge on any atom is 0.243 e. The molecular formula is C12H17BrN2O2S. The Labute approximate surface area is 116 Å². The molecule has 0 amide bonds. The Bertz CT molecular complexity index is 551. The molecule has 1 aromatic rings. The summed E-state index contributed by atoms with van der Waals surface area (Å²) >= 11 is 3.27. The molecule has 1 aliphatic rings. The van der Waals surface area contributed by atoms with E-state index in [1.165, 1.54) is 6.07 Å². The van der Waals surface area contributed by atoms with E-state index in [2.05, 4.69) is 20.7 Å². The largest absolute Gasteiger partial charge is 0.398 e. The number of benzene rings is 1. The quantitative estimate of drug-likeness (QED) is 0.836. The zero-order chi connectivity index (χ0) is 13.4. The van der Waals surface area contributed by atoms with Crippen molar-refractivity contribution in [2.24, 2.45) is 0 Å². The normalized spacial score (nSPS) is 19.0. The molecule has 4 nitrogen and oxygen atoms in total. The second kappa shape index (κ2) is 4.83. The van der Waals surface area contributed by atoms with Gasteiger partial charge in [-0.2, -0.15) is 0 Å². The van der Waals surface area contributed by atoms with E-state index in [-0.39, 0.29) is 16.1 Å². The van der Waals surface area contributed by atoms with E-state index in [0.717, 1.165) is 25.7 Å². The van der Waals surface area contributed by atoms with Crippen molar-refractivity contribution in [1.29, 1.82) is 0 Å². The van der Waals surface area contributed by atoms with Gasteiger partial charge in [-0.15, -0.1) is 0 Å². The van der Waals surface area contributed by atoms with Crippen LogP contribution in [0, 0.1) is 0 Å². The average Bonchev–Trinajstić information content (AvgIpc) is 2.67. The lowest BCUT2D eigenvalue weighted by Gasteiger charge is -2.25. The van der Waals surface area contributed by atoms with Gasteiger partial charge in [-0.3, -0.25) is 0 Å². The maximum absolute atomic E-state index is 12.4. The van der Waals surface area contributed by atoms with Crippen molar-refractivity contribution in [3.8, 4) is 0 Å². The lowest BCUT2D eigenvalue weighted by Crippen LogP contribution is -2.43. The van der Waals surface area contributed by atoms with E-state index in [1.54, 1.807) is 12.1 Å². The highest BCUT2D eigenvalue weighted by Gasteiger charge is 2.34. The second-order valence-corrected chi connectivity index (χ2v) is 7.62. The fourth-order valence-electron chi connectivity index (χ4n) is 2.38. The van der Waals surface area contributed by atoms with Crippen LogP contribution in [0.1, 0.15) is 32.6 Å². The molecule has 0 aromatic heterocycles. The molecule has 0 aliphatic heterocycles. The molecule has 18 heavy (non-hydrogen) atoms. The summed E-state index contributed by atoms with van der Waals surface area (Å²) in [6.07, 6.45) is 3.88. The van der Waals surface area contributed by atoms with Crippen molar-refractivity contribution in [2.45, 2.75) is 43.0 Å². The minimum atomic E-state index is -3.56. The van der Waals surface area contributed by atoms with Gasteiger partial charge in [-0.05, 0) is 38.0 Å². The average molecular weight is 333 g/mol. The number of rotatable bonds is 3. The van der Waals surface area contributed by atoms with E-state index in [9.17, 15) is 8.42 Å². The summed E-state index contributed by atoms with van der Waals surface area (Å²) in [4.78, 5) is 0.144. The van der Waals surface area contributed by atoms with Gasteiger partial charge < -0.3 is 5.73 Å². The number of hydrogen-bond acceptors (Lipinski definition) is 3. The SMILES string of the molecule is CC1(NS(=O)(=O)c2cc(Br)ccc2N)CCCC1. The Morgan fingerprint density at radius 3 is 2.56 bits per heavy atom. The zero-order valence-corrected chi connectivity index (χ0v) is 12.6. The highest BCUT2D eigenvalue weighted by atomic mass is 79.9. The smallest absolute Gasteiger partial charge is 0.243 e. The minimum absolute atomic E-state index is 0.144. The zero-order valence-electron chi connectivity index (χ0n) is 10.2. The molecule has 1 fully saturated rings. The van der Waals surface area contributed by atoms with Crippen LogP contribution >= 0.6 is 15.9 Å². The van der Waals surface area contributed by atoms with Gasteiger partial charge in [-0.1, -0.05) is 28.8 Å². The number of nitrogens with one attached hydrogen (secondary N) is 1. The Kier molecular flexibility index (Phi) is 3.71. The first-order valence-corrected chi connectivity index (χ1v) is 8.19. The Hall–Kier alpha value is -0.590. The Morgan fingerprint density at radius 1 is 1.33 bits per heavy atom. The molecule has 100 valence electrons. The van der Waals surface area contributed by atoms with Crippen LogP contribution in [-0.4, -0.2) is 14.0 Å². The van der Waals surface area contributed by atoms with E-state index < -0.39 is 10.0 Å². The summed E-state index contributed by atoms with van der Waals surface area (Å²) in [7, 11) is -3.56. The summed E-state index contributed by atoms with van der Waals surface area (Å²) in [5.74, 6) is 0. The van der Waals surface area contributed by atoms with Crippen molar-refractivity contribution in [2.75, 3.05) is 5.73 Å². The van der Waals surface area contributed by atoms with Crippen LogP contribution in [0.5, 0.6) is 0 Å². The van der Waals surface area contributed by atoms with Crippen molar-refractivity contribution >= 4 is 31.6 Å². The lowest BCUT2D eigenvalue weighted by molar-refractivity contribution is 0.427. The predicted molar refractivity (Wildman–Crippen MR) is 75.7 cm³/mol. The molecule has 3 N–H and O–H groups in total. The molecule has 0 bridgehead atoms. The van der Waals surface area contributed by atoms with Crippen molar-refractivity contribution < 1.29 is 8.42 Å². The van der Waals surface area contributed by atoms with Crippen LogP contribution in [-0.2, 0) is 10.0 Å². The van der Waals surface area contributed by atoms with Gasteiger partial charge in [-0.25, -0.2) is 13.1 Å². The molecule has 2 rings (SSSR count). The van der Waals surface area contributed by atoms with Gasteiger partial charge >= 0.3 is 0 Å². The first kappa shape index (κ1) is 13.8. The second-order valence-electron chi connectivity index (χ2n) is 5.06. The van der Waals surface area contributed by atoms with Crippen LogP contribution in [0.25, 0.3) is 0 Å². The number of hydrogen-bond donors (Lipinski definition) is 2. The van der Waals surface area contributed by atoms with Crippen LogP contribution in [0.2, 0.25) is 0 Å². The highest BCUT2D eigenvalue weighted by molar-refractivity contribution is 9.10. The molecule has 0 spiro atoms. The first-order chi connectivity index (χ1) is 8.32. The van der Waals surface area contributed by atoms with Gasteiger partial charge in [0, 0.05) is 10.0 Å². The summed E-state index contributed by atoms with van der Waals surface area (Å²) in [5.41, 5.74) is 5.68. The third-order valence-electron chi connectivity index (χ3n) is 3.35. The molecule has 1 saturated carbocycles. The number of anilines is 1. The van der Waals surface area contributed by atoms with Crippen molar-refractivity contribution in [3.05, 3.63) is 22.7 Å². The third kappa shape index (κ3) is 2.87. The van der Waals surface area contributed by atoms with Gasteiger partial charge in [0.15, 0.2) is 0 Å². The van der Waals surface area contributed by atoms with E-state index >= 15 is 0 Å². The highest BCUT2D eigenvalue weighted by Crippen LogP contribution is 2.32. The molecule has 1 aliphatic carbocycles. The monoisotopic (exact) mass is 332 g/mol. The van der Waals surface area contributed by atoms with Gasteiger partial charge in [0.1, 0.15) is 4.90 Å². The number of sulfonamides is 1. The fraction of sp³-hybridized carbons (Fsp3) is 0.500. The topological polar surface area (TPSA) is 72.2 Å². The number of halogens is 1. The molecule has 6 heteroatoms. The van der Waals surface area contributed by atoms with Gasteiger partial charge in [0.05, 0.1) is 5.69 Å². The third-order valence-corrected chi connectivity index (χ3v) is 5.54. The molecular weight excluding hydrogens is 316 g/mol. The summed E-state index contributed by atoms with van der Waals surface area (Å²) in [5, 5.41) is 0. The van der Waals surface area contributed by atoms with Crippen LogP contribution in [0.3, 0.4) is 0 Å². The van der Waals surface area contributed by atoms with Crippen LogP contribution < -0.4 is 10.5 Å². The summed E-state index contributed by atoms with van der Waals surface area (Å²) in [6.45, 7) is 1.95. The molecule has 0 radical (unpaired) electrons. The minimum Gasteiger partial charge on any atom is -0.398 e. The lowest BCUT2D eigenvalue weighted by atomic mass is 10.0.